The van der Waals surface area contributed by atoms with Gasteiger partial charge in [0.15, 0.2) is 0 Å². The second-order valence-electron chi connectivity index (χ2n) is 6.42. The van der Waals surface area contributed by atoms with Crippen LogP contribution in [0.3, 0.4) is 0 Å². The van der Waals surface area contributed by atoms with Gasteiger partial charge in [-0.1, -0.05) is 25.1 Å². The lowest BCUT2D eigenvalue weighted by Crippen LogP contribution is -2.58. The molecule has 25 heavy (non-hydrogen) atoms. The van der Waals surface area contributed by atoms with Gasteiger partial charge in [0.2, 0.25) is 5.91 Å². The maximum Gasteiger partial charge on any atom is 0.318 e. The number of likely N-dealkylation sites (N-methyl/N-ethyl adjacent to an activating group) is 1. The second kappa shape index (κ2) is 9.30. The third kappa shape index (κ3) is 5.11. The van der Waals surface area contributed by atoms with Gasteiger partial charge in [0, 0.05) is 26.7 Å². The van der Waals surface area contributed by atoms with E-state index in [-0.39, 0.29) is 11.9 Å². The van der Waals surface area contributed by atoms with Gasteiger partial charge in [0.1, 0.15) is 11.8 Å². The molecule has 3 amide bonds. The molecule has 138 valence electrons. The Labute approximate surface area is 150 Å². The smallest absolute Gasteiger partial charge is 0.318 e. The highest BCUT2D eigenvalue weighted by Crippen LogP contribution is 2.19. The van der Waals surface area contributed by atoms with Crippen LogP contribution in [0.2, 0.25) is 0 Å². The van der Waals surface area contributed by atoms with E-state index in [9.17, 15) is 9.59 Å². The molecule has 1 aromatic carbocycles. The van der Waals surface area contributed by atoms with Crippen LogP contribution < -0.4 is 10.1 Å². The van der Waals surface area contributed by atoms with Gasteiger partial charge in [0.05, 0.1) is 6.61 Å². The van der Waals surface area contributed by atoms with Crippen molar-refractivity contribution < 1.29 is 14.3 Å². The van der Waals surface area contributed by atoms with Crippen molar-refractivity contribution in [3.8, 4) is 5.75 Å². The number of carbonyl (C=O) groups excluding carboxylic acids is 2. The Bertz CT molecular complexity index is 591. The highest BCUT2D eigenvalue weighted by atomic mass is 16.5. The van der Waals surface area contributed by atoms with Gasteiger partial charge in [-0.2, -0.15) is 0 Å². The molecule has 1 atom stereocenters. The lowest BCUT2D eigenvalue weighted by atomic mass is 10.1. The molecular weight excluding hydrogens is 318 g/mol. The summed E-state index contributed by atoms with van der Waals surface area (Å²) in [5, 5.41) is 2.93. The number of para-hydroxylation sites is 1. The van der Waals surface area contributed by atoms with Crippen molar-refractivity contribution in [2.45, 2.75) is 39.2 Å². The van der Waals surface area contributed by atoms with Crippen molar-refractivity contribution in [2.75, 3.05) is 33.3 Å². The van der Waals surface area contributed by atoms with Crippen LogP contribution in [0.1, 0.15) is 32.3 Å². The van der Waals surface area contributed by atoms with Crippen molar-refractivity contribution in [2.24, 2.45) is 0 Å². The molecule has 1 aliphatic rings. The molecule has 0 spiro atoms. The van der Waals surface area contributed by atoms with Crippen LogP contribution in [0.15, 0.2) is 24.3 Å². The van der Waals surface area contributed by atoms with Crippen molar-refractivity contribution >= 4 is 11.9 Å². The van der Waals surface area contributed by atoms with E-state index in [1.165, 1.54) is 0 Å². The van der Waals surface area contributed by atoms with Crippen molar-refractivity contribution in [1.82, 2.24) is 15.1 Å². The summed E-state index contributed by atoms with van der Waals surface area (Å²) < 4.78 is 5.76. The molecule has 6 heteroatoms. The summed E-state index contributed by atoms with van der Waals surface area (Å²) in [4.78, 5) is 27.5. The van der Waals surface area contributed by atoms with Crippen LogP contribution >= 0.6 is 0 Å². The summed E-state index contributed by atoms with van der Waals surface area (Å²) in [6, 6.07) is 7.47. The van der Waals surface area contributed by atoms with Gasteiger partial charge in [-0.05, 0) is 37.8 Å². The van der Waals surface area contributed by atoms with Crippen LogP contribution in [0.4, 0.5) is 4.79 Å². The van der Waals surface area contributed by atoms with Crippen molar-refractivity contribution in [3.63, 3.8) is 0 Å². The summed E-state index contributed by atoms with van der Waals surface area (Å²) in [6.07, 6.45) is 2.65. The van der Waals surface area contributed by atoms with E-state index in [1.807, 2.05) is 18.2 Å². The van der Waals surface area contributed by atoms with Crippen molar-refractivity contribution in [3.05, 3.63) is 29.8 Å². The van der Waals surface area contributed by atoms with Gasteiger partial charge in [-0.3, -0.25) is 4.79 Å². The molecule has 1 saturated heterocycles. The molecule has 0 aliphatic carbocycles. The van der Waals surface area contributed by atoms with Crippen LogP contribution in [0.5, 0.6) is 5.75 Å². The average Bonchev–Trinajstić information content (AvgIpc) is 2.62. The minimum atomic E-state index is -0.401. The summed E-state index contributed by atoms with van der Waals surface area (Å²) in [6.45, 7) is 6.31. The molecule has 0 bridgehead atoms. The first-order valence-electron chi connectivity index (χ1n) is 9.04. The molecule has 2 rings (SSSR count). The maximum absolute atomic E-state index is 12.3. The number of nitrogens with zero attached hydrogens (tertiary/aromatic N) is 2. The van der Waals surface area contributed by atoms with E-state index >= 15 is 0 Å². The number of piperazine rings is 1. The Hall–Kier alpha value is -2.24. The molecule has 1 heterocycles. The minimum Gasteiger partial charge on any atom is -0.493 e. The quantitative estimate of drug-likeness (QED) is 0.770. The van der Waals surface area contributed by atoms with Gasteiger partial charge >= 0.3 is 6.03 Å². The van der Waals surface area contributed by atoms with Gasteiger partial charge in [-0.25, -0.2) is 4.79 Å². The summed E-state index contributed by atoms with van der Waals surface area (Å²) in [5.41, 5.74) is 1.16. The highest BCUT2D eigenvalue weighted by molar-refractivity contribution is 5.87. The van der Waals surface area contributed by atoms with Gasteiger partial charge < -0.3 is 19.9 Å². The van der Waals surface area contributed by atoms with E-state index in [0.29, 0.717) is 26.2 Å². The van der Waals surface area contributed by atoms with Crippen LogP contribution in [-0.4, -0.2) is 61.1 Å². The summed E-state index contributed by atoms with van der Waals surface area (Å²) in [7, 11) is 1.77. The lowest BCUT2D eigenvalue weighted by molar-refractivity contribution is -0.137. The van der Waals surface area contributed by atoms with E-state index in [4.69, 9.17) is 4.74 Å². The average molecular weight is 347 g/mol. The monoisotopic (exact) mass is 347 g/mol. The number of urea groups is 1. The Morgan fingerprint density at radius 1 is 1.32 bits per heavy atom. The van der Waals surface area contributed by atoms with Crippen LogP contribution in [0.25, 0.3) is 0 Å². The largest absolute Gasteiger partial charge is 0.493 e. The highest BCUT2D eigenvalue weighted by Gasteiger charge is 2.32. The number of ether oxygens (including phenoxy) is 1. The summed E-state index contributed by atoms with van der Waals surface area (Å²) in [5.74, 6) is 0.914. The number of aryl methyl sites for hydroxylation is 1. The van der Waals surface area contributed by atoms with E-state index < -0.39 is 6.04 Å². The molecule has 1 aliphatic heterocycles. The molecule has 0 aromatic heterocycles. The number of hydrogen-bond acceptors (Lipinski definition) is 3. The van der Waals surface area contributed by atoms with Gasteiger partial charge in [0.25, 0.3) is 0 Å². The Balaban J connectivity index is 1.78. The number of carbonyl (C=O) groups is 2. The first kappa shape index (κ1) is 19.1. The minimum absolute atomic E-state index is 0.0107. The normalized spacial score (nSPS) is 17.6. The maximum atomic E-state index is 12.3. The fourth-order valence-electron chi connectivity index (χ4n) is 2.93. The lowest BCUT2D eigenvalue weighted by Gasteiger charge is -2.37. The molecule has 6 nitrogen and oxygen atoms in total. The molecule has 0 radical (unpaired) electrons. The number of rotatable bonds is 7. The third-order valence-electron chi connectivity index (χ3n) is 4.47. The fourth-order valence-corrected chi connectivity index (χ4v) is 2.93. The molecule has 1 aromatic rings. The number of hydrogen-bond donors (Lipinski definition) is 1. The fraction of sp³-hybridized carbons (Fsp3) is 0.579. The Kier molecular flexibility index (Phi) is 7.10. The standard InChI is InChI=1S/C19H29N3O3/c1-4-14-25-17-10-6-5-8-16(17)9-7-11-20-19(24)22-13-12-21(3)18(23)15(22)2/h5-6,8,10,15H,4,7,9,11-14H2,1-3H3,(H,20,24)/t15-/m1/s1. The predicted octanol–water partition coefficient (Wildman–Crippen LogP) is 2.28. The SMILES string of the molecule is CCCOc1ccccc1CCCNC(=O)N1CCN(C)C(=O)[C@H]1C. The van der Waals surface area contributed by atoms with E-state index in [2.05, 4.69) is 18.3 Å². The molecular formula is C19H29N3O3. The first-order valence-corrected chi connectivity index (χ1v) is 9.04. The van der Waals surface area contributed by atoms with E-state index in [0.717, 1.165) is 30.6 Å². The Morgan fingerprint density at radius 3 is 2.84 bits per heavy atom. The zero-order valence-corrected chi connectivity index (χ0v) is 15.5. The Morgan fingerprint density at radius 2 is 2.08 bits per heavy atom. The van der Waals surface area contributed by atoms with Crippen molar-refractivity contribution in [1.29, 1.82) is 0 Å². The number of nitrogens with one attached hydrogen (secondary N) is 1. The van der Waals surface area contributed by atoms with E-state index in [1.54, 1.807) is 23.8 Å². The molecule has 0 unspecified atom stereocenters. The molecule has 1 fully saturated rings. The zero-order valence-electron chi connectivity index (χ0n) is 15.5. The van der Waals surface area contributed by atoms with Gasteiger partial charge in [-0.15, -0.1) is 0 Å². The number of benzene rings is 1. The van der Waals surface area contributed by atoms with Crippen LogP contribution in [0, 0.1) is 0 Å². The second-order valence-corrected chi connectivity index (χ2v) is 6.42. The third-order valence-corrected chi connectivity index (χ3v) is 4.47. The van der Waals surface area contributed by atoms with Crippen LogP contribution in [-0.2, 0) is 11.2 Å². The topological polar surface area (TPSA) is 61.9 Å². The summed E-state index contributed by atoms with van der Waals surface area (Å²) >= 11 is 0. The predicted molar refractivity (Wildman–Crippen MR) is 97.8 cm³/mol. The first-order chi connectivity index (χ1) is 12.0. The molecule has 0 saturated carbocycles. The number of amides is 3. The zero-order chi connectivity index (χ0) is 18.2. The molecule has 1 N–H and O–H groups in total.